The van der Waals surface area contributed by atoms with Crippen molar-refractivity contribution in [1.29, 1.82) is 0 Å². The average Bonchev–Trinajstić information content (AvgIpc) is 2.95. The van der Waals surface area contributed by atoms with Gasteiger partial charge < -0.3 is 5.32 Å². The first-order valence-electron chi connectivity index (χ1n) is 11.2. The number of imide groups is 1. The molecule has 1 atom stereocenters. The van der Waals surface area contributed by atoms with Crippen molar-refractivity contribution >= 4 is 27.6 Å². The topological polar surface area (TPSA) is 101 Å². The van der Waals surface area contributed by atoms with Crippen molar-refractivity contribution in [3.05, 3.63) is 35.4 Å². The van der Waals surface area contributed by atoms with E-state index in [-0.39, 0.29) is 29.3 Å². The number of benzene rings is 1. The van der Waals surface area contributed by atoms with Crippen LogP contribution < -0.4 is 5.32 Å². The van der Waals surface area contributed by atoms with Gasteiger partial charge in [0.05, 0.1) is 16.9 Å². The highest BCUT2D eigenvalue weighted by Crippen LogP contribution is 2.53. The van der Waals surface area contributed by atoms with Crippen LogP contribution in [0.5, 0.6) is 0 Å². The van der Waals surface area contributed by atoms with Crippen LogP contribution in [0.25, 0.3) is 0 Å². The highest BCUT2D eigenvalue weighted by atomic mass is 32.2. The fourth-order valence-corrected chi connectivity index (χ4v) is 7.27. The van der Waals surface area contributed by atoms with Gasteiger partial charge in [0.25, 0.3) is 11.8 Å². The van der Waals surface area contributed by atoms with Crippen LogP contribution in [0.2, 0.25) is 0 Å². The van der Waals surface area contributed by atoms with Crippen molar-refractivity contribution in [1.82, 2.24) is 10.2 Å². The second kappa shape index (κ2) is 7.43. The van der Waals surface area contributed by atoms with Crippen LogP contribution in [0.4, 0.5) is 0 Å². The molecular formula is C23H28N2O5S. The van der Waals surface area contributed by atoms with E-state index in [1.54, 1.807) is 24.3 Å². The molecule has 1 aliphatic heterocycles. The van der Waals surface area contributed by atoms with Gasteiger partial charge in [-0.3, -0.25) is 19.3 Å². The smallest absolute Gasteiger partial charge is 0.262 e. The molecular weight excluding hydrogens is 416 g/mol. The van der Waals surface area contributed by atoms with E-state index in [4.69, 9.17) is 0 Å². The van der Waals surface area contributed by atoms with Crippen LogP contribution in [0, 0.1) is 23.7 Å². The molecule has 0 aromatic heterocycles. The first-order chi connectivity index (χ1) is 14.7. The summed E-state index contributed by atoms with van der Waals surface area (Å²) in [4.78, 5) is 40.4. The Morgan fingerprint density at radius 3 is 2.00 bits per heavy atom. The van der Waals surface area contributed by atoms with Crippen LogP contribution in [0.3, 0.4) is 0 Å². The summed E-state index contributed by atoms with van der Waals surface area (Å²) in [6, 6.07) is 5.41. The van der Waals surface area contributed by atoms with E-state index in [0.29, 0.717) is 11.8 Å². The molecule has 4 saturated carbocycles. The quantitative estimate of drug-likeness (QED) is 0.677. The molecule has 0 radical (unpaired) electrons. The van der Waals surface area contributed by atoms with Gasteiger partial charge in [0.2, 0.25) is 5.91 Å². The summed E-state index contributed by atoms with van der Waals surface area (Å²) in [7, 11) is -3.36. The van der Waals surface area contributed by atoms with E-state index in [0.717, 1.165) is 48.7 Å². The number of amides is 3. The molecule has 1 heterocycles. The maximum Gasteiger partial charge on any atom is 0.262 e. The van der Waals surface area contributed by atoms with Crippen molar-refractivity contribution in [3.8, 4) is 0 Å². The monoisotopic (exact) mass is 444 g/mol. The van der Waals surface area contributed by atoms with Gasteiger partial charge in [0, 0.05) is 12.3 Å². The van der Waals surface area contributed by atoms with E-state index >= 15 is 0 Å². The third-order valence-electron chi connectivity index (χ3n) is 7.74. The molecule has 4 aliphatic carbocycles. The molecule has 8 heteroatoms. The highest BCUT2D eigenvalue weighted by Gasteiger charge is 2.50. The van der Waals surface area contributed by atoms with Gasteiger partial charge in [-0.05, 0) is 74.3 Å². The van der Waals surface area contributed by atoms with Gasteiger partial charge in [0.15, 0.2) is 0 Å². The second-order valence-corrected chi connectivity index (χ2v) is 12.2. The van der Waals surface area contributed by atoms with Crippen molar-refractivity contribution in [2.45, 2.75) is 50.6 Å². The first kappa shape index (κ1) is 20.7. The summed E-state index contributed by atoms with van der Waals surface area (Å²) in [6.45, 7) is 0. The summed E-state index contributed by atoms with van der Waals surface area (Å²) in [5, 5.41) is 3.16. The molecule has 7 nitrogen and oxygen atoms in total. The zero-order valence-electron chi connectivity index (χ0n) is 17.6. The Morgan fingerprint density at radius 2 is 1.52 bits per heavy atom. The molecule has 1 unspecified atom stereocenters. The molecule has 6 rings (SSSR count). The number of carbonyl (C=O) groups is 3. The Bertz CT molecular complexity index is 987. The number of rotatable bonds is 6. The first-order valence-corrected chi connectivity index (χ1v) is 13.2. The minimum Gasteiger partial charge on any atom is -0.351 e. The van der Waals surface area contributed by atoms with E-state index < -0.39 is 33.6 Å². The third-order valence-corrected chi connectivity index (χ3v) is 8.71. The Kier molecular flexibility index (Phi) is 4.95. The summed E-state index contributed by atoms with van der Waals surface area (Å²) in [5.41, 5.74) is 0.526. The zero-order valence-corrected chi connectivity index (χ0v) is 18.4. The molecule has 4 fully saturated rings. The highest BCUT2D eigenvalue weighted by molar-refractivity contribution is 7.90. The number of sulfone groups is 1. The summed E-state index contributed by atoms with van der Waals surface area (Å²) in [6.07, 6.45) is 6.81. The molecule has 5 aliphatic rings. The van der Waals surface area contributed by atoms with E-state index in [1.807, 2.05) is 0 Å². The second-order valence-electron chi connectivity index (χ2n) is 9.93. The minimum atomic E-state index is -3.36. The number of nitrogens with one attached hydrogen (secondary N) is 1. The van der Waals surface area contributed by atoms with Crippen LogP contribution >= 0.6 is 0 Å². The predicted octanol–water partition coefficient (Wildman–Crippen LogP) is 2.03. The maximum absolute atomic E-state index is 13.4. The van der Waals surface area contributed by atoms with Crippen molar-refractivity contribution in [2.24, 2.45) is 23.7 Å². The van der Waals surface area contributed by atoms with Gasteiger partial charge in [0.1, 0.15) is 15.9 Å². The molecule has 166 valence electrons. The predicted molar refractivity (Wildman–Crippen MR) is 114 cm³/mol. The lowest BCUT2D eigenvalue weighted by atomic mass is 9.54. The van der Waals surface area contributed by atoms with Gasteiger partial charge >= 0.3 is 0 Å². The number of hydrogen-bond donors (Lipinski definition) is 1. The SMILES string of the molecule is CS(=O)(=O)CCC(C(=O)NC1C2CC3CC(C2)CC1C3)N1C(=O)c2ccccc2C1=O. The van der Waals surface area contributed by atoms with Gasteiger partial charge in [-0.25, -0.2) is 8.42 Å². The number of carbonyl (C=O) groups excluding carboxylic acids is 3. The van der Waals surface area contributed by atoms with Crippen molar-refractivity contribution in [2.75, 3.05) is 12.0 Å². The molecule has 3 amide bonds. The van der Waals surface area contributed by atoms with E-state index in [1.165, 1.54) is 6.42 Å². The van der Waals surface area contributed by atoms with Crippen LogP contribution in [0.15, 0.2) is 24.3 Å². The Morgan fingerprint density at radius 1 is 1.00 bits per heavy atom. The molecule has 0 spiro atoms. The third kappa shape index (κ3) is 3.69. The van der Waals surface area contributed by atoms with Crippen molar-refractivity contribution < 1.29 is 22.8 Å². The zero-order chi connectivity index (χ0) is 21.9. The largest absolute Gasteiger partial charge is 0.351 e. The van der Waals surface area contributed by atoms with Crippen LogP contribution in [-0.2, 0) is 14.6 Å². The summed E-state index contributed by atoms with van der Waals surface area (Å²) < 4.78 is 23.6. The average molecular weight is 445 g/mol. The molecule has 1 aromatic carbocycles. The number of fused-ring (bicyclic) bond motifs is 1. The lowest BCUT2D eigenvalue weighted by Gasteiger charge is -2.54. The number of nitrogens with zero attached hydrogens (tertiary/aromatic N) is 1. The fraction of sp³-hybridized carbons (Fsp3) is 0.609. The normalized spacial score (nSPS) is 32.3. The lowest BCUT2D eigenvalue weighted by molar-refractivity contribution is -0.129. The minimum absolute atomic E-state index is 0.0521. The standard InChI is InChI=1S/C23H28N2O5S/c1-31(29,30)7-6-19(25-22(27)17-4-2-3-5-18(17)23(25)28)21(26)24-20-15-9-13-8-14(11-15)12-16(20)10-13/h2-5,13-16,19-20H,6-12H2,1H3,(H,24,26). The molecule has 31 heavy (non-hydrogen) atoms. The lowest BCUT2D eigenvalue weighted by Crippen LogP contribution is -2.59. The molecule has 4 bridgehead atoms. The van der Waals surface area contributed by atoms with Gasteiger partial charge in [-0.1, -0.05) is 12.1 Å². The van der Waals surface area contributed by atoms with Gasteiger partial charge in [-0.15, -0.1) is 0 Å². The van der Waals surface area contributed by atoms with E-state index in [2.05, 4.69) is 5.32 Å². The molecule has 1 N–H and O–H groups in total. The summed E-state index contributed by atoms with van der Waals surface area (Å²) >= 11 is 0. The van der Waals surface area contributed by atoms with Crippen molar-refractivity contribution in [3.63, 3.8) is 0 Å². The fourth-order valence-electron chi connectivity index (χ4n) is 6.62. The molecule has 0 saturated heterocycles. The maximum atomic E-state index is 13.4. The Balaban J connectivity index is 1.40. The Labute approximate surface area is 182 Å². The Hall–Kier alpha value is -2.22. The number of hydrogen-bond acceptors (Lipinski definition) is 5. The summed E-state index contributed by atoms with van der Waals surface area (Å²) in [5.74, 6) is 0.672. The van der Waals surface area contributed by atoms with Crippen LogP contribution in [-0.4, -0.2) is 55.1 Å². The molecule has 1 aromatic rings. The van der Waals surface area contributed by atoms with E-state index in [9.17, 15) is 22.8 Å². The van der Waals surface area contributed by atoms with Crippen LogP contribution in [0.1, 0.15) is 59.2 Å². The van der Waals surface area contributed by atoms with Gasteiger partial charge in [-0.2, -0.15) is 0 Å².